The lowest BCUT2D eigenvalue weighted by Gasteiger charge is -2.42. The van der Waals surface area contributed by atoms with Gasteiger partial charge in [-0.2, -0.15) is 0 Å². The number of nitrogens with one attached hydrogen (secondary N) is 1. The predicted octanol–water partition coefficient (Wildman–Crippen LogP) is 4.93. The Hall–Kier alpha value is -5.01. The fourth-order valence-electron chi connectivity index (χ4n) is 10.4. The van der Waals surface area contributed by atoms with Crippen molar-refractivity contribution in [2.75, 3.05) is 64.9 Å². The number of likely N-dealkylation sites (tertiary alicyclic amines) is 2. The molecule has 5 aliphatic heterocycles. The molecule has 1 atom stereocenters. The maximum Gasteiger partial charge on any atom is 0.262 e. The van der Waals surface area contributed by atoms with Crippen LogP contribution in [0.3, 0.4) is 0 Å². The van der Waals surface area contributed by atoms with E-state index in [4.69, 9.17) is 9.47 Å². The van der Waals surface area contributed by atoms with E-state index in [1.54, 1.807) is 31.9 Å². The number of rotatable bonds is 10. The van der Waals surface area contributed by atoms with E-state index in [1.807, 2.05) is 32.2 Å². The lowest BCUT2D eigenvalue weighted by Crippen LogP contribution is -2.54. The quantitative estimate of drug-likeness (QED) is 0.282. The minimum atomic E-state index is -0.955. The second-order valence-electron chi connectivity index (χ2n) is 17.4. The summed E-state index contributed by atoms with van der Waals surface area (Å²) in [6.07, 6.45) is 9.25. The largest absolute Gasteiger partial charge is 0.496 e. The number of amides is 4. The zero-order valence-electron chi connectivity index (χ0n) is 35.2. The Morgan fingerprint density at radius 2 is 1.31 bits per heavy atom. The maximum atomic E-state index is 13.4. The Kier molecular flexibility index (Phi) is 11.7. The molecular weight excluding hydrogens is 749 g/mol. The van der Waals surface area contributed by atoms with E-state index in [-0.39, 0.29) is 24.3 Å². The number of fused-ring (bicyclic) bond motifs is 1. The molecule has 0 radical (unpaired) electrons. The van der Waals surface area contributed by atoms with E-state index in [1.165, 1.54) is 25.7 Å². The first-order valence-electron chi connectivity index (χ1n) is 21.4. The van der Waals surface area contributed by atoms with Crippen molar-refractivity contribution in [1.82, 2.24) is 24.6 Å². The molecule has 1 aromatic heterocycles. The first kappa shape index (κ1) is 40.8. The number of aromatic nitrogens is 1. The Balaban J connectivity index is 0.794. The number of pyridine rings is 1. The van der Waals surface area contributed by atoms with Crippen LogP contribution in [0.4, 0.5) is 5.69 Å². The molecule has 13 heteroatoms. The van der Waals surface area contributed by atoms with Crippen LogP contribution in [0.25, 0.3) is 11.1 Å². The second-order valence-corrected chi connectivity index (χ2v) is 17.4. The van der Waals surface area contributed by atoms with Gasteiger partial charge in [0.15, 0.2) is 0 Å². The number of imide groups is 2. The number of hydrogen-bond donors (Lipinski definition) is 1. The van der Waals surface area contributed by atoms with Crippen LogP contribution >= 0.6 is 0 Å². The van der Waals surface area contributed by atoms with Crippen LogP contribution in [-0.2, 0) is 23.2 Å². The number of piperidine rings is 4. The zero-order chi connectivity index (χ0) is 41.5. The minimum absolute atomic E-state index is 0.0179. The summed E-state index contributed by atoms with van der Waals surface area (Å²) >= 11 is 0. The molecule has 0 saturated carbocycles. The summed E-state index contributed by atoms with van der Waals surface area (Å²) in [7, 11) is 5.23. The highest BCUT2D eigenvalue weighted by atomic mass is 16.5. The van der Waals surface area contributed by atoms with Crippen molar-refractivity contribution in [3.05, 3.63) is 74.7 Å². The number of carbonyl (C=O) groups excluding carboxylic acids is 4. The highest BCUT2D eigenvalue weighted by molar-refractivity contribution is 6.23. The Morgan fingerprint density at radius 3 is 1.92 bits per heavy atom. The van der Waals surface area contributed by atoms with Gasteiger partial charge < -0.3 is 23.8 Å². The molecule has 2 aromatic carbocycles. The smallest absolute Gasteiger partial charge is 0.262 e. The number of hydrogen-bond acceptors (Lipinski definition) is 10. The van der Waals surface area contributed by atoms with Crippen molar-refractivity contribution < 1.29 is 28.7 Å². The molecule has 5 aliphatic rings. The van der Waals surface area contributed by atoms with Crippen molar-refractivity contribution in [1.29, 1.82) is 0 Å². The van der Waals surface area contributed by atoms with Crippen LogP contribution in [0.2, 0.25) is 0 Å². The van der Waals surface area contributed by atoms with Gasteiger partial charge in [0.25, 0.3) is 17.4 Å². The highest BCUT2D eigenvalue weighted by Crippen LogP contribution is 2.39. The van der Waals surface area contributed by atoms with Gasteiger partial charge in [0.2, 0.25) is 11.8 Å². The van der Waals surface area contributed by atoms with Crippen LogP contribution in [0.1, 0.15) is 88.8 Å². The molecule has 0 spiro atoms. The van der Waals surface area contributed by atoms with Crippen molar-refractivity contribution in [2.45, 2.75) is 77.8 Å². The van der Waals surface area contributed by atoms with E-state index in [9.17, 15) is 24.0 Å². The van der Waals surface area contributed by atoms with Crippen molar-refractivity contribution in [2.24, 2.45) is 24.8 Å². The Morgan fingerprint density at radius 1 is 0.695 bits per heavy atom. The first-order chi connectivity index (χ1) is 28.4. The molecule has 0 aliphatic carbocycles. The minimum Gasteiger partial charge on any atom is -0.496 e. The van der Waals surface area contributed by atoms with Gasteiger partial charge in [-0.1, -0.05) is 0 Å². The standard InChI is InChI=1S/C46H58N6O7/c1-28-29(2)44(55)48(3)26-37(28)33-22-40(58-4)38(41(23-33)59-5)27-50-18-14-32(15-19-50)31-12-16-49(17-13-31)25-30-10-20-51(21-11-30)34-6-7-35-36(24-34)46(57)52(45(35)56)39-8-9-42(53)47-43(39)54/h6-7,22-24,26,30-32,39H,8-21,25,27H2,1-5H3,(H,47,53,54). The molecule has 6 heterocycles. The van der Waals surface area contributed by atoms with Crippen molar-refractivity contribution in [3.8, 4) is 22.6 Å². The van der Waals surface area contributed by atoms with Gasteiger partial charge in [0.05, 0.1) is 30.9 Å². The lowest BCUT2D eigenvalue weighted by molar-refractivity contribution is -0.136. The number of carbonyl (C=O) groups is 4. The fourth-order valence-corrected chi connectivity index (χ4v) is 10.4. The fraction of sp³-hybridized carbons (Fsp3) is 0.543. The summed E-state index contributed by atoms with van der Waals surface area (Å²) in [6, 6.07) is 8.64. The third-order valence-corrected chi connectivity index (χ3v) is 14.1. The molecule has 8 rings (SSSR count). The normalized spacial score (nSPS) is 21.6. The number of ether oxygens (including phenoxy) is 2. The molecule has 59 heavy (non-hydrogen) atoms. The summed E-state index contributed by atoms with van der Waals surface area (Å²) in [6.45, 7) is 12.0. The van der Waals surface area contributed by atoms with Crippen LogP contribution in [0, 0.1) is 31.6 Å². The molecular formula is C46H58N6O7. The molecule has 0 bridgehead atoms. The Labute approximate surface area is 346 Å². The Bertz CT molecular complexity index is 2170. The van der Waals surface area contributed by atoms with E-state index < -0.39 is 23.8 Å². The van der Waals surface area contributed by atoms with Gasteiger partial charge in [0.1, 0.15) is 17.5 Å². The van der Waals surface area contributed by atoms with E-state index in [2.05, 4.69) is 32.1 Å². The number of methoxy groups -OCH3 is 2. The van der Waals surface area contributed by atoms with Crippen molar-refractivity contribution in [3.63, 3.8) is 0 Å². The average molecular weight is 807 g/mol. The summed E-state index contributed by atoms with van der Waals surface area (Å²) in [5.41, 5.74) is 6.36. The van der Waals surface area contributed by atoms with Crippen LogP contribution in [0.5, 0.6) is 11.5 Å². The van der Waals surface area contributed by atoms with Gasteiger partial charge >= 0.3 is 0 Å². The number of anilines is 1. The van der Waals surface area contributed by atoms with Gasteiger partial charge in [-0.15, -0.1) is 0 Å². The third kappa shape index (κ3) is 8.03. The molecule has 4 fully saturated rings. The molecule has 1 N–H and O–H groups in total. The summed E-state index contributed by atoms with van der Waals surface area (Å²) in [5, 5.41) is 2.26. The third-order valence-electron chi connectivity index (χ3n) is 14.1. The zero-order valence-corrected chi connectivity index (χ0v) is 35.2. The highest BCUT2D eigenvalue weighted by Gasteiger charge is 2.45. The number of nitrogens with zero attached hydrogens (tertiary/aromatic N) is 5. The van der Waals surface area contributed by atoms with Crippen LogP contribution in [0.15, 0.2) is 41.3 Å². The molecule has 4 saturated heterocycles. The maximum absolute atomic E-state index is 13.4. The number of aryl methyl sites for hydroxylation is 1. The first-order valence-corrected chi connectivity index (χ1v) is 21.4. The van der Waals surface area contributed by atoms with E-state index in [0.29, 0.717) is 17.0 Å². The van der Waals surface area contributed by atoms with E-state index in [0.717, 1.165) is 127 Å². The number of benzene rings is 2. The molecule has 1 unspecified atom stereocenters. The monoisotopic (exact) mass is 806 g/mol. The molecule has 13 nitrogen and oxygen atoms in total. The summed E-state index contributed by atoms with van der Waals surface area (Å²) < 4.78 is 13.5. The van der Waals surface area contributed by atoms with Gasteiger partial charge in [0, 0.05) is 62.7 Å². The van der Waals surface area contributed by atoms with Crippen LogP contribution in [-0.4, -0.2) is 109 Å². The predicted molar refractivity (Wildman–Crippen MR) is 225 cm³/mol. The summed E-state index contributed by atoms with van der Waals surface area (Å²) in [5.74, 6) is 1.87. The topological polar surface area (TPSA) is 134 Å². The van der Waals surface area contributed by atoms with Gasteiger partial charge in [-0.25, -0.2) is 0 Å². The van der Waals surface area contributed by atoms with Crippen molar-refractivity contribution >= 4 is 29.3 Å². The van der Waals surface area contributed by atoms with Gasteiger partial charge in [-0.3, -0.25) is 39.1 Å². The molecule has 4 amide bonds. The molecule has 3 aromatic rings. The SMILES string of the molecule is COc1cc(-c2cn(C)c(=O)c(C)c2C)cc(OC)c1CN1CCC(C2CCN(CC3CCN(c4ccc5c(c4)C(=O)N(C4CCC(=O)NC4=O)C5=O)CC3)CC2)CC1. The molecule has 314 valence electrons. The van der Waals surface area contributed by atoms with Crippen LogP contribution < -0.4 is 25.2 Å². The average Bonchev–Trinajstić information content (AvgIpc) is 3.49. The second kappa shape index (κ2) is 16.9. The van der Waals surface area contributed by atoms with Gasteiger partial charge in [-0.05, 0) is 144 Å². The van der Waals surface area contributed by atoms with E-state index >= 15 is 0 Å². The lowest BCUT2D eigenvalue weighted by atomic mass is 9.78. The summed E-state index contributed by atoms with van der Waals surface area (Å²) in [4.78, 5) is 71.7.